The molecule has 0 saturated carbocycles. The lowest BCUT2D eigenvalue weighted by Gasteiger charge is -2.31. The zero-order chi connectivity index (χ0) is 21.8. The minimum atomic E-state index is -3.54. The van der Waals surface area contributed by atoms with E-state index >= 15 is 0 Å². The maximum atomic E-state index is 13.1. The number of hydrogen-bond acceptors (Lipinski definition) is 7. The van der Waals surface area contributed by atoms with E-state index in [1.165, 1.54) is 0 Å². The van der Waals surface area contributed by atoms with Crippen LogP contribution in [0, 0.1) is 6.92 Å². The first kappa shape index (κ1) is 21.2. The summed E-state index contributed by atoms with van der Waals surface area (Å²) in [5.41, 5.74) is 1.66. The Morgan fingerprint density at radius 2 is 1.90 bits per heavy atom. The molecule has 0 aliphatic carbocycles. The molecule has 0 unspecified atom stereocenters. The standard InChI is InChI=1S/C22H25N5O3S/c1-16-13-18(6-7-20(16)30-2)31(28,29)27-11-8-17(9-12-27)19-14-23-15-22(25-19)26-21-5-3-4-10-24-21/h3-7,10,13-15,17H,8-9,11-12H2,1-2H3,(H,24,25,26). The Bertz CT molecular complexity index is 1150. The van der Waals surface area contributed by atoms with Gasteiger partial charge in [-0.2, -0.15) is 4.31 Å². The van der Waals surface area contributed by atoms with Gasteiger partial charge in [-0.3, -0.25) is 4.98 Å². The highest BCUT2D eigenvalue weighted by atomic mass is 32.2. The normalized spacial score (nSPS) is 15.5. The van der Waals surface area contributed by atoms with Crippen LogP contribution in [-0.2, 0) is 10.0 Å². The number of aryl methyl sites for hydroxylation is 1. The van der Waals surface area contributed by atoms with Crippen molar-refractivity contribution >= 4 is 21.7 Å². The van der Waals surface area contributed by atoms with E-state index in [9.17, 15) is 8.42 Å². The second-order valence-electron chi connectivity index (χ2n) is 7.48. The van der Waals surface area contributed by atoms with Crippen molar-refractivity contribution in [1.82, 2.24) is 19.3 Å². The predicted molar refractivity (Wildman–Crippen MR) is 118 cm³/mol. The van der Waals surface area contributed by atoms with Gasteiger partial charge in [0.1, 0.15) is 17.4 Å². The van der Waals surface area contributed by atoms with Crippen molar-refractivity contribution in [3.8, 4) is 5.75 Å². The number of nitrogens with one attached hydrogen (secondary N) is 1. The van der Waals surface area contributed by atoms with E-state index < -0.39 is 10.0 Å². The summed E-state index contributed by atoms with van der Waals surface area (Å²) >= 11 is 0. The number of nitrogens with zero attached hydrogens (tertiary/aromatic N) is 4. The van der Waals surface area contributed by atoms with Crippen LogP contribution in [0.5, 0.6) is 5.75 Å². The summed E-state index contributed by atoms with van der Waals surface area (Å²) in [6, 6.07) is 10.6. The molecule has 0 atom stereocenters. The quantitative estimate of drug-likeness (QED) is 0.628. The van der Waals surface area contributed by atoms with Gasteiger partial charge < -0.3 is 10.1 Å². The topological polar surface area (TPSA) is 97.3 Å². The molecule has 1 aromatic carbocycles. The van der Waals surface area contributed by atoms with Crippen LogP contribution in [0.4, 0.5) is 11.6 Å². The number of hydrogen-bond donors (Lipinski definition) is 1. The van der Waals surface area contributed by atoms with Crippen molar-refractivity contribution < 1.29 is 13.2 Å². The number of anilines is 2. The first-order valence-electron chi connectivity index (χ1n) is 10.1. The number of pyridine rings is 1. The van der Waals surface area contributed by atoms with Crippen LogP contribution in [0.1, 0.15) is 30.0 Å². The lowest BCUT2D eigenvalue weighted by atomic mass is 9.95. The number of piperidine rings is 1. The third kappa shape index (κ3) is 4.67. The maximum Gasteiger partial charge on any atom is 0.243 e. The number of benzene rings is 1. The van der Waals surface area contributed by atoms with Crippen LogP contribution in [0.3, 0.4) is 0 Å². The van der Waals surface area contributed by atoms with Crippen LogP contribution in [0.2, 0.25) is 0 Å². The van der Waals surface area contributed by atoms with Gasteiger partial charge in [-0.15, -0.1) is 0 Å². The largest absolute Gasteiger partial charge is 0.496 e. The molecule has 3 aromatic rings. The number of rotatable bonds is 6. The molecule has 9 heteroatoms. The maximum absolute atomic E-state index is 13.1. The SMILES string of the molecule is COc1ccc(S(=O)(=O)N2CCC(c3cncc(Nc4ccccn4)n3)CC2)cc1C. The fourth-order valence-corrected chi connectivity index (χ4v) is 5.31. The average Bonchev–Trinajstić information content (AvgIpc) is 2.80. The zero-order valence-corrected chi connectivity index (χ0v) is 18.3. The third-order valence-electron chi connectivity index (χ3n) is 5.45. The van der Waals surface area contributed by atoms with Gasteiger partial charge in [0.05, 0.1) is 23.9 Å². The van der Waals surface area contributed by atoms with Crippen molar-refractivity contribution in [2.75, 3.05) is 25.5 Å². The molecule has 1 fully saturated rings. The van der Waals surface area contributed by atoms with Crippen LogP contribution >= 0.6 is 0 Å². The Morgan fingerprint density at radius 3 is 2.58 bits per heavy atom. The first-order chi connectivity index (χ1) is 15.0. The van der Waals surface area contributed by atoms with Gasteiger partial charge in [-0.25, -0.2) is 18.4 Å². The van der Waals surface area contributed by atoms with Crippen LogP contribution < -0.4 is 10.1 Å². The zero-order valence-electron chi connectivity index (χ0n) is 17.5. The Kier molecular flexibility index (Phi) is 6.15. The molecule has 0 amide bonds. The minimum absolute atomic E-state index is 0.155. The lowest BCUT2D eigenvalue weighted by molar-refractivity contribution is 0.316. The Labute approximate surface area is 182 Å². The van der Waals surface area contributed by atoms with Gasteiger partial charge in [0.15, 0.2) is 0 Å². The molecule has 1 aliphatic heterocycles. The molecular formula is C22H25N5O3S. The van der Waals surface area contributed by atoms with E-state index in [4.69, 9.17) is 4.74 Å². The van der Waals surface area contributed by atoms with Gasteiger partial charge in [-0.05, 0) is 55.7 Å². The fourth-order valence-electron chi connectivity index (χ4n) is 3.76. The van der Waals surface area contributed by atoms with Crippen molar-refractivity contribution in [2.24, 2.45) is 0 Å². The molecule has 0 bridgehead atoms. The molecular weight excluding hydrogens is 414 g/mol. The Balaban J connectivity index is 1.44. The van der Waals surface area contributed by atoms with Crippen LogP contribution in [-0.4, -0.2) is 47.9 Å². The van der Waals surface area contributed by atoms with Gasteiger partial charge >= 0.3 is 0 Å². The highest BCUT2D eigenvalue weighted by Crippen LogP contribution is 2.31. The molecule has 1 saturated heterocycles. The Hall–Kier alpha value is -3.04. The summed E-state index contributed by atoms with van der Waals surface area (Å²) < 4.78 is 32.9. The summed E-state index contributed by atoms with van der Waals surface area (Å²) in [5.74, 6) is 2.15. The van der Waals surface area contributed by atoms with Gasteiger partial charge in [0, 0.05) is 31.4 Å². The predicted octanol–water partition coefficient (Wildman–Crippen LogP) is 3.50. The molecule has 1 N–H and O–H groups in total. The monoisotopic (exact) mass is 439 g/mol. The number of methoxy groups -OCH3 is 1. The number of ether oxygens (including phenoxy) is 1. The fraction of sp³-hybridized carbons (Fsp3) is 0.318. The molecule has 0 spiro atoms. The molecule has 8 nitrogen and oxygen atoms in total. The van der Waals surface area contributed by atoms with Crippen molar-refractivity contribution in [2.45, 2.75) is 30.6 Å². The van der Waals surface area contributed by atoms with Crippen LogP contribution in [0.25, 0.3) is 0 Å². The molecule has 1 aliphatic rings. The summed E-state index contributed by atoms with van der Waals surface area (Å²) in [7, 11) is -1.97. The summed E-state index contributed by atoms with van der Waals surface area (Å²) in [5, 5.41) is 3.15. The lowest BCUT2D eigenvalue weighted by Crippen LogP contribution is -2.38. The van der Waals surface area contributed by atoms with Gasteiger partial charge in [-0.1, -0.05) is 6.07 Å². The smallest absolute Gasteiger partial charge is 0.243 e. The highest BCUT2D eigenvalue weighted by Gasteiger charge is 2.31. The minimum Gasteiger partial charge on any atom is -0.496 e. The Morgan fingerprint density at radius 1 is 1.10 bits per heavy atom. The van der Waals surface area contributed by atoms with Crippen LogP contribution in [0.15, 0.2) is 59.9 Å². The van der Waals surface area contributed by atoms with E-state index in [1.54, 1.807) is 48.2 Å². The average molecular weight is 440 g/mol. The van der Waals surface area contributed by atoms with E-state index in [-0.39, 0.29) is 5.92 Å². The summed E-state index contributed by atoms with van der Waals surface area (Å²) in [4.78, 5) is 13.5. The van der Waals surface area contributed by atoms with E-state index in [2.05, 4.69) is 20.3 Å². The van der Waals surface area contributed by atoms with Crippen molar-refractivity contribution in [3.63, 3.8) is 0 Å². The number of aromatic nitrogens is 3. The third-order valence-corrected chi connectivity index (χ3v) is 7.35. The molecule has 3 heterocycles. The molecule has 31 heavy (non-hydrogen) atoms. The molecule has 0 radical (unpaired) electrons. The molecule has 4 rings (SSSR count). The van der Waals surface area contributed by atoms with E-state index in [1.807, 2.05) is 25.1 Å². The second kappa shape index (κ2) is 8.99. The molecule has 2 aromatic heterocycles. The summed E-state index contributed by atoms with van der Waals surface area (Å²) in [6.45, 7) is 2.73. The first-order valence-corrected chi connectivity index (χ1v) is 11.6. The van der Waals surface area contributed by atoms with Gasteiger partial charge in [0.2, 0.25) is 10.0 Å². The van der Waals surface area contributed by atoms with E-state index in [0.717, 1.165) is 11.3 Å². The number of sulfonamides is 1. The van der Waals surface area contributed by atoms with Crippen molar-refractivity contribution in [3.05, 3.63) is 66.2 Å². The van der Waals surface area contributed by atoms with Crippen molar-refractivity contribution in [1.29, 1.82) is 0 Å². The second-order valence-corrected chi connectivity index (χ2v) is 9.42. The van der Waals surface area contributed by atoms with Gasteiger partial charge in [0.25, 0.3) is 0 Å². The molecule has 162 valence electrons. The highest BCUT2D eigenvalue weighted by molar-refractivity contribution is 7.89. The van der Waals surface area contributed by atoms with E-state index in [0.29, 0.717) is 48.2 Å². The summed E-state index contributed by atoms with van der Waals surface area (Å²) in [6.07, 6.45) is 6.50.